The number of esters is 1. The molecule has 0 aliphatic heterocycles. The van der Waals surface area contributed by atoms with Gasteiger partial charge in [0.05, 0.1) is 26.2 Å². The molecule has 4 nitrogen and oxygen atoms in total. The number of ether oxygens (including phenoxy) is 2. The number of hydrogen-bond acceptors (Lipinski definition) is 4. The van der Waals surface area contributed by atoms with E-state index in [1.54, 1.807) is 12.1 Å². The molecule has 0 bridgehead atoms. The van der Waals surface area contributed by atoms with Crippen LogP contribution < -0.4 is 4.74 Å². The van der Waals surface area contributed by atoms with Crippen LogP contribution in [-0.4, -0.2) is 26.0 Å². The summed E-state index contributed by atoms with van der Waals surface area (Å²) >= 11 is 6.06. The summed E-state index contributed by atoms with van der Waals surface area (Å²) in [7, 11) is 2.82. The van der Waals surface area contributed by atoms with E-state index >= 15 is 0 Å². The van der Waals surface area contributed by atoms with Gasteiger partial charge in [0, 0.05) is 11.4 Å². The summed E-state index contributed by atoms with van der Waals surface area (Å²) in [6.07, 6.45) is 0.114. The third-order valence-electron chi connectivity index (χ3n) is 2.99. The highest BCUT2D eigenvalue weighted by atomic mass is 35.5. The first-order valence-corrected chi connectivity index (χ1v) is 6.76. The molecule has 0 aromatic heterocycles. The van der Waals surface area contributed by atoms with Crippen molar-refractivity contribution in [1.29, 1.82) is 0 Å². The van der Waals surface area contributed by atoms with Crippen molar-refractivity contribution in [2.45, 2.75) is 32.6 Å². The zero-order chi connectivity index (χ0) is 15.3. The van der Waals surface area contributed by atoms with Crippen LogP contribution in [0.5, 0.6) is 5.75 Å². The molecule has 1 aromatic carbocycles. The number of carbonyl (C=O) groups is 2. The second-order valence-electron chi connectivity index (χ2n) is 4.73. The highest BCUT2D eigenvalue weighted by molar-refractivity contribution is 6.31. The lowest BCUT2D eigenvalue weighted by molar-refractivity contribution is -0.140. The molecule has 0 unspecified atom stereocenters. The van der Waals surface area contributed by atoms with Crippen LogP contribution in [0.4, 0.5) is 0 Å². The summed E-state index contributed by atoms with van der Waals surface area (Å²) in [5.41, 5.74) is 1.29. The minimum absolute atomic E-state index is 0.0437. The van der Waals surface area contributed by atoms with Gasteiger partial charge in [0.1, 0.15) is 5.75 Å². The molecule has 0 spiro atoms. The van der Waals surface area contributed by atoms with E-state index in [9.17, 15) is 9.59 Å². The molecule has 0 aliphatic carbocycles. The largest absolute Gasteiger partial charge is 0.496 e. The average molecular weight is 299 g/mol. The third-order valence-corrected chi connectivity index (χ3v) is 3.21. The van der Waals surface area contributed by atoms with Gasteiger partial charge in [0.25, 0.3) is 0 Å². The Morgan fingerprint density at radius 1 is 1.20 bits per heavy atom. The molecular weight excluding hydrogens is 280 g/mol. The molecule has 20 heavy (non-hydrogen) atoms. The molecule has 1 aromatic rings. The van der Waals surface area contributed by atoms with Crippen molar-refractivity contribution in [2.24, 2.45) is 0 Å². The fourth-order valence-electron chi connectivity index (χ4n) is 1.93. The van der Waals surface area contributed by atoms with Gasteiger partial charge in [-0.15, -0.1) is 0 Å². The zero-order valence-electron chi connectivity index (χ0n) is 12.2. The van der Waals surface area contributed by atoms with Gasteiger partial charge in [-0.25, -0.2) is 0 Å². The minimum atomic E-state index is -0.413. The molecule has 0 saturated carbocycles. The summed E-state index contributed by atoms with van der Waals surface area (Å²) in [5.74, 6) is 0.107. The minimum Gasteiger partial charge on any atom is -0.496 e. The predicted octanol–water partition coefficient (Wildman–Crippen LogP) is 3.61. The number of Topliss-reactive ketones (excluding diaryl/α,β-unsaturated/α-hetero) is 1. The van der Waals surface area contributed by atoms with Gasteiger partial charge in [0.2, 0.25) is 0 Å². The van der Waals surface area contributed by atoms with E-state index in [1.807, 2.05) is 13.8 Å². The quantitative estimate of drug-likeness (QED) is 0.595. The van der Waals surface area contributed by atoms with Crippen molar-refractivity contribution in [3.63, 3.8) is 0 Å². The molecule has 0 amide bonds. The van der Waals surface area contributed by atoms with E-state index in [0.717, 1.165) is 5.56 Å². The third kappa shape index (κ3) is 3.97. The van der Waals surface area contributed by atoms with Crippen LogP contribution in [0, 0.1) is 0 Å². The smallest absolute Gasteiger partial charge is 0.305 e. The monoisotopic (exact) mass is 298 g/mol. The van der Waals surface area contributed by atoms with Crippen LogP contribution in [0.15, 0.2) is 12.1 Å². The zero-order valence-corrected chi connectivity index (χ0v) is 12.9. The Labute approximate surface area is 124 Å². The van der Waals surface area contributed by atoms with Gasteiger partial charge < -0.3 is 9.47 Å². The second-order valence-corrected chi connectivity index (χ2v) is 5.17. The van der Waals surface area contributed by atoms with Crippen LogP contribution in [0.25, 0.3) is 0 Å². The van der Waals surface area contributed by atoms with Crippen LogP contribution in [-0.2, 0) is 9.53 Å². The molecule has 1 rings (SSSR count). The van der Waals surface area contributed by atoms with Crippen LogP contribution in [0.3, 0.4) is 0 Å². The van der Waals surface area contributed by atoms with E-state index < -0.39 is 5.97 Å². The highest BCUT2D eigenvalue weighted by Crippen LogP contribution is 2.34. The van der Waals surface area contributed by atoms with Crippen molar-refractivity contribution in [1.82, 2.24) is 0 Å². The number of rotatable bonds is 6. The van der Waals surface area contributed by atoms with Gasteiger partial charge in [0.15, 0.2) is 5.78 Å². The first-order valence-electron chi connectivity index (χ1n) is 6.38. The molecule has 0 radical (unpaired) electrons. The summed E-state index contributed by atoms with van der Waals surface area (Å²) in [5, 5.41) is 0.482. The lowest BCUT2D eigenvalue weighted by Crippen LogP contribution is -2.09. The molecule has 5 heteroatoms. The van der Waals surface area contributed by atoms with Gasteiger partial charge in [-0.05, 0) is 23.6 Å². The predicted molar refractivity (Wildman–Crippen MR) is 77.7 cm³/mol. The normalized spacial score (nSPS) is 10.5. The van der Waals surface area contributed by atoms with E-state index in [1.165, 1.54) is 14.2 Å². The van der Waals surface area contributed by atoms with Gasteiger partial charge in [-0.1, -0.05) is 25.4 Å². The Kier molecular flexibility index (Phi) is 6.02. The van der Waals surface area contributed by atoms with E-state index in [4.69, 9.17) is 16.3 Å². The number of halogens is 1. The topological polar surface area (TPSA) is 52.6 Å². The average Bonchev–Trinajstić information content (AvgIpc) is 2.43. The molecule has 0 aliphatic rings. The van der Waals surface area contributed by atoms with Gasteiger partial charge in [-0.2, -0.15) is 0 Å². The fourth-order valence-corrected chi connectivity index (χ4v) is 2.16. The number of hydrogen-bond donors (Lipinski definition) is 0. The molecule has 0 saturated heterocycles. The Balaban J connectivity index is 3.10. The Morgan fingerprint density at radius 2 is 1.85 bits per heavy atom. The first-order chi connectivity index (χ1) is 9.40. The maximum absolute atomic E-state index is 12.2. The summed E-state index contributed by atoms with van der Waals surface area (Å²) < 4.78 is 9.88. The van der Waals surface area contributed by atoms with Crippen molar-refractivity contribution in [3.8, 4) is 5.75 Å². The molecule has 0 N–H and O–H groups in total. The molecular formula is C15H19ClO4. The number of methoxy groups -OCH3 is 2. The van der Waals surface area contributed by atoms with Gasteiger partial charge >= 0.3 is 5.97 Å². The highest BCUT2D eigenvalue weighted by Gasteiger charge is 2.19. The van der Waals surface area contributed by atoms with Crippen molar-refractivity contribution in [2.75, 3.05) is 14.2 Å². The standard InChI is InChI=1S/C15H19ClO4/c1-9(2)11-7-10(16)8-12(15(11)20-4)13(17)5-6-14(18)19-3/h7-9H,5-6H2,1-4H3. The number of carbonyl (C=O) groups excluding carboxylic acids is 2. The second kappa shape index (κ2) is 7.29. The summed E-state index contributed by atoms with van der Waals surface area (Å²) in [4.78, 5) is 23.3. The Hall–Kier alpha value is -1.55. The van der Waals surface area contributed by atoms with E-state index in [0.29, 0.717) is 16.3 Å². The molecule has 0 atom stereocenters. The fraction of sp³-hybridized carbons (Fsp3) is 0.467. The SMILES string of the molecule is COC(=O)CCC(=O)c1cc(Cl)cc(C(C)C)c1OC. The lowest BCUT2D eigenvalue weighted by Gasteiger charge is -2.16. The van der Waals surface area contributed by atoms with Crippen LogP contribution >= 0.6 is 11.6 Å². The number of benzene rings is 1. The van der Waals surface area contributed by atoms with Crippen molar-refractivity contribution in [3.05, 3.63) is 28.3 Å². The number of ketones is 1. The Morgan fingerprint density at radius 3 is 2.35 bits per heavy atom. The first kappa shape index (κ1) is 16.5. The molecule has 0 fully saturated rings. The molecule has 0 heterocycles. The van der Waals surface area contributed by atoms with E-state index in [-0.39, 0.29) is 24.5 Å². The Bertz CT molecular complexity index is 509. The van der Waals surface area contributed by atoms with Crippen LogP contribution in [0.2, 0.25) is 5.02 Å². The summed E-state index contributed by atoms with van der Waals surface area (Å²) in [6, 6.07) is 3.37. The van der Waals surface area contributed by atoms with Gasteiger partial charge in [-0.3, -0.25) is 9.59 Å². The maximum Gasteiger partial charge on any atom is 0.305 e. The lowest BCUT2D eigenvalue weighted by atomic mass is 9.96. The van der Waals surface area contributed by atoms with Crippen molar-refractivity contribution >= 4 is 23.4 Å². The maximum atomic E-state index is 12.2. The van der Waals surface area contributed by atoms with Crippen molar-refractivity contribution < 1.29 is 19.1 Å². The molecule has 110 valence electrons. The van der Waals surface area contributed by atoms with E-state index in [2.05, 4.69) is 4.74 Å². The summed E-state index contributed by atoms with van der Waals surface area (Å²) in [6.45, 7) is 3.99. The van der Waals surface area contributed by atoms with Crippen LogP contribution in [0.1, 0.15) is 48.5 Å².